The normalized spacial score (nSPS) is 9.83. The van der Waals surface area contributed by atoms with Crippen molar-refractivity contribution in [3.63, 3.8) is 0 Å². The molecule has 0 spiro atoms. The van der Waals surface area contributed by atoms with Crippen molar-refractivity contribution in [2.75, 3.05) is 7.11 Å². The highest BCUT2D eigenvalue weighted by Gasteiger charge is 2.08. The first-order valence-corrected chi connectivity index (χ1v) is 3.38. The van der Waals surface area contributed by atoms with E-state index in [2.05, 4.69) is 0 Å². The van der Waals surface area contributed by atoms with Gasteiger partial charge < -0.3 is 20.1 Å². The molecule has 0 saturated heterocycles. The molecule has 0 amide bonds. The molecule has 0 heterocycles. The molecule has 0 atom stereocenters. The van der Waals surface area contributed by atoms with Gasteiger partial charge in [-0.05, 0) is 6.07 Å². The third kappa shape index (κ3) is 1.43. The summed E-state index contributed by atoms with van der Waals surface area (Å²) < 4.78 is 4.75. The van der Waals surface area contributed by atoms with Crippen LogP contribution in [0, 0.1) is 0 Å². The van der Waals surface area contributed by atoms with Crippen LogP contribution in [0.2, 0.25) is 0 Å². The lowest BCUT2D eigenvalue weighted by molar-refractivity contribution is 0.271. The van der Waals surface area contributed by atoms with Crippen LogP contribution in [0.1, 0.15) is 5.56 Å². The SMILES string of the molecule is COc1cc(O)cc(CO)c1O. The first kappa shape index (κ1) is 8.67. The second kappa shape index (κ2) is 3.32. The molecule has 0 aliphatic heterocycles. The van der Waals surface area contributed by atoms with Gasteiger partial charge in [0.05, 0.1) is 13.7 Å². The van der Waals surface area contributed by atoms with E-state index >= 15 is 0 Å². The van der Waals surface area contributed by atoms with Crippen LogP contribution in [0.4, 0.5) is 0 Å². The van der Waals surface area contributed by atoms with Gasteiger partial charge in [-0.3, -0.25) is 0 Å². The van der Waals surface area contributed by atoms with Gasteiger partial charge in [0.1, 0.15) is 5.75 Å². The highest BCUT2D eigenvalue weighted by molar-refractivity contribution is 5.50. The number of aliphatic hydroxyl groups excluding tert-OH is 1. The van der Waals surface area contributed by atoms with Gasteiger partial charge in [0.15, 0.2) is 11.5 Å². The molecule has 0 unspecified atom stereocenters. The zero-order valence-electron chi connectivity index (χ0n) is 6.61. The monoisotopic (exact) mass is 170 g/mol. The molecule has 0 radical (unpaired) electrons. The van der Waals surface area contributed by atoms with E-state index in [1.54, 1.807) is 0 Å². The Morgan fingerprint density at radius 2 is 2.00 bits per heavy atom. The summed E-state index contributed by atoms with van der Waals surface area (Å²) in [4.78, 5) is 0. The van der Waals surface area contributed by atoms with Gasteiger partial charge in [-0.1, -0.05) is 0 Å². The number of phenols is 2. The zero-order chi connectivity index (χ0) is 9.14. The molecule has 4 heteroatoms. The lowest BCUT2D eigenvalue weighted by Gasteiger charge is -2.07. The number of aliphatic hydroxyl groups is 1. The van der Waals surface area contributed by atoms with E-state index in [0.29, 0.717) is 0 Å². The van der Waals surface area contributed by atoms with Crippen molar-refractivity contribution in [3.8, 4) is 17.2 Å². The van der Waals surface area contributed by atoms with E-state index in [1.807, 2.05) is 0 Å². The van der Waals surface area contributed by atoms with Crippen molar-refractivity contribution in [1.82, 2.24) is 0 Å². The van der Waals surface area contributed by atoms with Crippen LogP contribution in [0.3, 0.4) is 0 Å². The van der Waals surface area contributed by atoms with Crippen LogP contribution in [-0.4, -0.2) is 22.4 Å². The van der Waals surface area contributed by atoms with Gasteiger partial charge in [-0.2, -0.15) is 0 Å². The minimum Gasteiger partial charge on any atom is -0.508 e. The summed E-state index contributed by atoms with van der Waals surface area (Å²) in [6, 6.07) is 2.55. The molecule has 0 bridgehead atoms. The topological polar surface area (TPSA) is 69.9 Å². The van der Waals surface area contributed by atoms with Crippen LogP contribution in [-0.2, 0) is 6.61 Å². The minimum atomic E-state index is -0.337. The summed E-state index contributed by atoms with van der Waals surface area (Å²) in [5.74, 6) is -0.0365. The summed E-state index contributed by atoms with van der Waals surface area (Å²) in [7, 11) is 1.37. The Morgan fingerprint density at radius 1 is 1.33 bits per heavy atom. The van der Waals surface area contributed by atoms with E-state index in [0.717, 1.165) is 0 Å². The maximum Gasteiger partial charge on any atom is 0.164 e. The van der Waals surface area contributed by atoms with Gasteiger partial charge >= 0.3 is 0 Å². The number of phenolic OH excluding ortho intramolecular Hbond substituents is 1. The quantitative estimate of drug-likeness (QED) is 0.568. The lowest BCUT2D eigenvalue weighted by Crippen LogP contribution is -1.89. The molecule has 3 N–H and O–H groups in total. The van der Waals surface area contributed by atoms with Gasteiger partial charge in [0.2, 0.25) is 0 Å². The Hall–Kier alpha value is -1.42. The largest absolute Gasteiger partial charge is 0.508 e. The summed E-state index contributed by atoms with van der Waals surface area (Å²) >= 11 is 0. The van der Waals surface area contributed by atoms with Crippen molar-refractivity contribution in [2.24, 2.45) is 0 Å². The van der Waals surface area contributed by atoms with E-state index in [9.17, 15) is 5.11 Å². The molecule has 66 valence electrons. The average Bonchev–Trinajstić information content (AvgIpc) is 2.08. The Kier molecular flexibility index (Phi) is 2.40. The minimum absolute atomic E-state index is 0.0475. The second-order valence-electron chi connectivity index (χ2n) is 2.31. The van der Waals surface area contributed by atoms with Gasteiger partial charge in [0, 0.05) is 11.6 Å². The average molecular weight is 170 g/mol. The molecule has 1 rings (SSSR count). The van der Waals surface area contributed by atoms with E-state index < -0.39 is 0 Å². The van der Waals surface area contributed by atoms with Crippen molar-refractivity contribution in [1.29, 1.82) is 0 Å². The zero-order valence-corrected chi connectivity index (χ0v) is 6.61. The molecule has 0 fully saturated rings. The van der Waals surface area contributed by atoms with Crippen LogP contribution in [0.15, 0.2) is 12.1 Å². The van der Waals surface area contributed by atoms with Gasteiger partial charge in [0.25, 0.3) is 0 Å². The van der Waals surface area contributed by atoms with E-state index in [-0.39, 0.29) is 29.4 Å². The summed E-state index contributed by atoms with van der Waals surface area (Å²) in [6.45, 7) is -0.337. The predicted octanol–water partition coefficient (Wildman–Crippen LogP) is 0.599. The van der Waals surface area contributed by atoms with Crippen LogP contribution in [0.5, 0.6) is 17.2 Å². The maximum atomic E-state index is 9.32. The van der Waals surface area contributed by atoms with Gasteiger partial charge in [-0.25, -0.2) is 0 Å². The number of aromatic hydroxyl groups is 2. The molecule has 0 aromatic heterocycles. The number of hydrogen-bond donors (Lipinski definition) is 3. The first-order chi connectivity index (χ1) is 5.69. The fourth-order valence-electron chi connectivity index (χ4n) is 0.926. The molecule has 0 saturated carbocycles. The van der Waals surface area contributed by atoms with Gasteiger partial charge in [-0.15, -0.1) is 0 Å². The fraction of sp³-hybridized carbons (Fsp3) is 0.250. The molecule has 0 aliphatic rings. The summed E-state index contributed by atoms with van der Waals surface area (Å²) in [6.07, 6.45) is 0. The smallest absolute Gasteiger partial charge is 0.164 e. The summed E-state index contributed by atoms with van der Waals surface area (Å²) in [5, 5.41) is 27.1. The number of rotatable bonds is 2. The Balaban J connectivity index is 3.22. The van der Waals surface area contributed by atoms with E-state index in [4.69, 9.17) is 14.9 Å². The third-order valence-electron chi connectivity index (χ3n) is 1.53. The summed E-state index contributed by atoms with van der Waals surface area (Å²) in [5.41, 5.74) is 0.242. The Bertz CT molecular complexity index is 257. The Labute approximate surface area is 69.7 Å². The standard InChI is InChI=1S/C8H10O4/c1-12-7-3-6(10)2-5(4-9)8(7)11/h2-3,9-11H,4H2,1H3. The lowest BCUT2D eigenvalue weighted by atomic mass is 10.2. The molecular formula is C8H10O4. The number of methoxy groups -OCH3 is 1. The van der Waals surface area contributed by atoms with Crippen molar-refractivity contribution >= 4 is 0 Å². The number of hydrogen-bond acceptors (Lipinski definition) is 4. The molecule has 0 aliphatic carbocycles. The Morgan fingerprint density at radius 3 is 2.50 bits per heavy atom. The number of ether oxygens (including phenoxy) is 1. The molecular weight excluding hydrogens is 160 g/mol. The van der Waals surface area contributed by atoms with Crippen molar-refractivity contribution in [2.45, 2.75) is 6.61 Å². The predicted molar refractivity (Wildman–Crippen MR) is 42.2 cm³/mol. The first-order valence-electron chi connectivity index (χ1n) is 3.38. The molecule has 1 aromatic rings. The molecule has 12 heavy (non-hydrogen) atoms. The molecule has 1 aromatic carbocycles. The van der Waals surface area contributed by atoms with Crippen LogP contribution in [0.25, 0.3) is 0 Å². The van der Waals surface area contributed by atoms with Crippen molar-refractivity contribution < 1.29 is 20.1 Å². The van der Waals surface area contributed by atoms with Crippen LogP contribution >= 0.6 is 0 Å². The highest BCUT2D eigenvalue weighted by atomic mass is 16.5. The van der Waals surface area contributed by atoms with Crippen molar-refractivity contribution in [3.05, 3.63) is 17.7 Å². The van der Waals surface area contributed by atoms with Crippen LogP contribution < -0.4 is 4.74 Å². The van der Waals surface area contributed by atoms with E-state index in [1.165, 1.54) is 19.2 Å². The maximum absolute atomic E-state index is 9.32. The fourth-order valence-corrected chi connectivity index (χ4v) is 0.926. The molecule has 4 nitrogen and oxygen atoms in total. The third-order valence-corrected chi connectivity index (χ3v) is 1.53. The highest BCUT2D eigenvalue weighted by Crippen LogP contribution is 2.33. The second-order valence-corrected chi connectivity index (χ2v) is 2.31. The number of benzene rings is 1.